The van der Waals surface area contributed by atoms with Gasteiger partial charge in [-0.1, -0.05) is 20.8 Å². The average Bonchev–Trinajstić information content (AvgIpc) is 2.12. The molecule has 3 nitrogen and oxygen atoms in total. The average molecular weight is 176 g/mol. The predicted octanol–water partition coefficient (Wildman–Crippen LogP) is 1.75. The van der Waals surface area contributed by atoms with Crippen LogP contribution in [0.25, 0.3) is 0 Å². The lowest BCUT2D eigenvalue weighted by Crippen LogP contribution is -2.34. The molecule has 0 aromatic rings. The van der Waals surface area contributed by atoms with Crippen LogP contribution in [0.15, 0.2) is 5.10 Å². The summed E-state index contributed by atoms with van der Waals surface area (Å²) in [7, 11) is 0. The SMILES string of the molecule is CC(C)(C)CC1NN=CN1Cl. The molecule has 1 aliphatic rings. The molecule has 1 N–H and O–H groups in total. The van der Waals surface area contributed by atoms with Gasteiger partial charge >= 0.3 is 0 Å². The second-order valence-electron chi connectivity index (χ2n) is 4.00. The van der Waals surface area contributed by atoms with Crippen molar-refractivity contribution in [2.45, 2.75) is 33.4 Å². The van der Waals surface area contributed by atoms with Crippen molar-refractivity contribution in [3.63, 3.8) is 0 Å². The van der Waals surface area contributed by atoms with Gasteiger partial charge in [-0.05, 0) is 11.8 Å². The Balaban J connectivity index is 2.40. The second kappa shape index (κ2) is 2.89. The fourth-order valence-electron chi connectivity index (χ4n) is 1.02. The van der Waals surface area contributed by atoms with Crippen molar-refractivity contribution in [3.8, 4) is 0 Å². The number of nitrogens with zero attached hydrogens (tertiary/aromatic N) is 2. The number of nitrogens with one attached hydrogen (secondary N) is 1. The van der Waals surface area contributed by atoms with Gasteiger partial charge in [0.2, 0.25) is 0 Å². The maximum Gasteiger partial charge on any atom is 0.132 e. The van der Waals surface area contributed by atoms with Crippen molar-refractivity contribution < 1.29 is 0 Å². The zero-order chi connectivity index (χ0) is 8.48. The number of hydrogen-bond donors (Lipinski definition) is 1. The highest BCUT2D eigenvalue weighted by atomic mass is 35.5. The van der Waals surface area contributed by atoms with E-state index in [1.165, 1.54) is 0 Å². The maximum atomic E-state index is 5.81. The molecule has 0 saturated carbocycles. The van der Waals surface area contributed by atoms with E-state index >= 15 is 0 Å². The summed E-state index contributed by atoms with van der Waals surface area (Å²) in [5, 5.41) is 3.85. The highest BCUT2D eigenvalue weighted by Gasteiger charge is 2.24. The van der Waals surface area contributed by atoms with E-state index in [1.54, 1.807) is 10.8 Å². The zero-order valence-corrected chi connectivity index (χ0v) is 7.89. The molecule has 0 aromatic carbocycles. The van der Waals surface area contributed by atoms with Crippen LogP contribution in [0.3, 0.4) is 0 Å². The normalized spacial score (nSPS) is 24.0. The minimum absolute atomic E-state index is 0.150. The highest BCUT2D eigenvalue weighted by molar-refractivity contribution is 6.19. The monoisotopic (exact) mass is 175 g/mol. The van der Waals surface area contributed by atoms with Gasteiger partial charge in [0.15, 0.2) is 0 Å². The summed E-state index contributed by atoms with van der Waals surface area (Å²) in [6, 6.07) is 0. The van der Waals surface area contributed by atoms with Gasteiger partial charge in [-0.3, -0.25) is 5.43 Å². The topological polar surface area (TPSA) is 27.6 Å². The molecule has 0 spiro atoms. The molecule has 1 aliphatic heterocycles. The molecule has 0 radical (unpaired) electrons. The molecule has 11 heavy (non-hydrogen) atoms. The lowest BCUT2D eigenvalue weighted by Gasteiger charge is -2.25. The van der Waals surface area contributed by atoms with Crippen molar-refractivity contribution in [1.82, 2.24) is 9.84 Å². The fraction of sp³-hybridized carbons (Fsp3) is 0.857. The molecule has 0 aliphatic carbocycles. The van der Waals surface area contributed by atoms with Gasteiger partial charge in [0.05, 0.1) is 0 Å². The Morgan fingerprint density at radius 2 is 2.27 bits per heavy atom. The summed E-state index contributed by atoms with van der Waals surface area (Å²) in [5.74, 6) is 0. The summed E-state index contributed by atoms with van der Waals surface area (Å²) in [5.41, 5.74) is 3.20. The molecular weight excluding hydrogens is 162 g/mol. The summed E-state index contributed by atoms with van der Waals surface area (Å²) < 4.78 is 1.57. The Labute approximate surface area is 72.5 Å². The maximum absolute atomic E-state index is 5.81. The Morgan fingerprint density at radius 1 is 1.64 bits per heavy atom. The van der Waals surface area contributed by atoms with E-state index in [0.29, 0.717) is 0 Å². The van der Waals surface area contributed by atoms with E-state index in [0.717, 1.165) is 6.42 Å². The molecule has 0 aromatic heterocycles. The first-order valence-corrected chi connectivity index (χ1v) is 4.06. The molecule has 1 heterocycles. The van der Waals surface area contributed by atoms with E-state index in [2.05, 4.69) is 31.3 Å². The molecular formula is C7H14ClN3. The van der Waals surface area contributed by atoms with Gasteiger partial charge in [0, 0.05) is 11.8 Å². The van der Waals surface area contributed by atoms with E-state index < -0.39 is 0 Å². The molecule has 0 amide bonds. The van der Waals surface area contributed by atoms with E-state index in [1.807, 2.05) is 0 Å². The first-order chi connectivity index (χ1) is 4.99. The quantitative estimate of drug-likeness (QED) is 0.615. The molecule has 0 fully saturated rings. The van der Waals surface area contributed by atoms with Crippen LogP contribution in [0.1, 0.15) is 27.2 Å². The Hall–Kier alpha value is -0.440. The minimum Gasteiger partial charge on any atom is -0.285 e. The minimum atomic E-state index is 0.150. The van der Waals surface area contributed by atoms with Crippen LogP contribution in [-0.2, 0) is 0 Å². The molecule has 1 rings (SSSR count). The van der Waals surface area contributed by atoms with Crippen molar-refractivity contribution in [2.75, 3.05) is 0 Å². The Kier molecular flexibility index (Phi) is 2.28. The van der Waals surface area contributed by atoms with Crippen LogP contribution in [0.2, 0.25) is 0 Å². The summed E-state index contributed by atoms with van der Waals surface area (Å²) in [6.45, 7) is 6.53. The van der Waals surface area contributed by atoms with Gasteiger partial charge in [0.1, 0.15) is 12.5 Å². The second-order valence-corrected chi connectivity index (χ2v) is 4.39. The van der Waals surface area contributed by atoms with Crippen molar-refractivity contribution >= 4 is 18.1 Å². The summed E-state index contributed by atoms with van der Waals surface area (Å²) >= 11 is 5.81. The molecule has 0 saturated heterocycles. The first-order valence-electron chi connectivity index (χ1n) is 3.72. The number of rotatable bonds is 1. The van der Waals surface area contributed by atoms with Crippen LogP contribution in [0, 0.1) is 5.41 Å². The first kappa shape index (κ1) is 8.65. The summed E-state index contributed by atoms with van der Waals surface area (Å²) in [6.07, 6.45) is 2.73. The van der Waals surface area contributed by atoms with Crippen molar-refractivity contribution in [1.29, 1.82) is 0 Å². The number of hydrazone groups is 1. The number of halogens is 1. The van der Waals surface area contributed by atoms with E-state index in [9.17, 15) is 0 Å². The molecule has 1 atom stereocenters. The largest absolute Gasteiger partial charge is 0.285 e. The smallest absolute Gasteiger partial charge is 0.132 e. The van der Waals surface area contributed by atoms with Crippen LogP contribution >= 0.6 is 11.8 Å². The number of hydrogen-bond acceptors (Lipinski definition) is 3. The third-order valence-corrected chi connectivity index (χ3v) is 1.82. The Bertz CT molecular complexity index is 162. The van der Waals surface area contributed by atoms with Gasteiger partial charge in [0.25, 0.3) is 0 Å². The van der Waals surface area contributed by atoms with E-state index in [4.69, 9.17) is 11.8 Å². The van der Waals surface area contributed by atoms with Crippen LogP contribution in [-0.4, -0.2) is 16.9 Å². The standard InChI is InChI=1S/C7H14ClN3/c1-7(2,3)4-6-10-9-5-11(6)8/h5-6,10H,4H2,1-3H3. The van der Waals surface area contributed by atoms with Gasteiger partial charge < -0.3 is 0 Å². The highest BCUT2D eigenvalue weighted by Crippen LogP contribution is 2.23. The predicted molar refractivity (Wildman–Crippen MR) is 47.2 cm³/mol. The third kappa shape index (κ3) is 2.58. The van der Waals surface area contributed by atoms with Crippen molar-refractivity contribution in [2.24, 2.45) is 10.5 Å². The fourth-order valence-corrected chi connectivity index (χ4v) is 1.18. The van der Waals surface area contributed by atoms with Crippen LogP contribution in [0.5, 0.6) is 0 Å². The van der Waals surface area contributed by atoms with Gasteiger partial charge in [-0.15, -0.1) is 0 Å². The van der Waals surface area contributed by atoms with Crippen molar-refractivity contribution in [3.05, 3.63) is 0 Å². The Morgan fingerprint density at radius 3 is 2.64 bits per heavy atom. The molecule has 64 valence electrons. The lowest BCUT2D eigenvalue weighted by atomic mass is 9.91. The zero-order valence-electron chi connectivity index (χ0n) is 7.13. The molecule has 1 unspecified atom stereocenters. The molecule has 4 heteroatoms. The third-order valence-electron chi connectivity index (χ3n) is 1.50. The van der Waals surface area contributed by atoms with Gasteiger partial charge in [-0.25, -0.2) is 4.42 Å². The van der Waals surface area contributed by atoms with Crippen LogP contribution < -0.4 is 5.43 Å². The lowest BCUT2D eigenvalue weighted by molar-refractivity contribution is 0.270. The van der Waals surface area contributed by atoms with E-state index in [-0.39, 0.29) is 11.6 Å². The van der Waals surface area contributed by atoms with Gasteiger partial charge in [-0.2, -0.15) is 5.10 Å². The molecule has 0 bridgehead atoms. The van der Waals surface area contributed by atoms with Crippen LogP contribution in [0.4, 0.5) is 0 Å². The summed E-state index contributed by atoms with van der Waals surface area (Å²) in [4.78, 5) is 0.